The Kier molecular flexibility index (Phi) is 6.49. The molecule has 0 radical (unpaired) electrons. The first kappa shape index (κ1) is 20.1. The molecule has 3 aromatic carbocycles. The summed E-state index contributed by atoms with van der Waals surface area (Å²) >= 11 is 1.46. The Morgan fingerprint density at radius 1 is 1.00 bits per heavy atom. The number of benzene rings is 3. The monoisotopic (exact) mass is 395 g/mol. The molecule has 0 fully saturated rings. The standard InChI is InChI=1S/C23H22FNO2S/c1-23(27,18-12-14-19(24)15-13-18)16-25-22(26)21(17-8-4-2-5-9-17)28-20-10-6-3-7-11-20/h2-15,21,27H,16H2,1H3,(H,25,26)/t21-,23+/m1/s1. The van der Waals surface area contributed by atoms with E-state index in [0.717, 1.165) is 10.5 Å². The fraction of sp³-hybridized carbons (Fsp3) is 0.174. The van der Waals surface area contributed by atoms with E-state index in [2.05, 4.69) is 5.32 Å². The van der Waals surface area contributed by atoms with Crippen molar-refractivity contribution in [3.8, 4) is 0 Å². The van der Waals surface area contributed by atoms with Crippen LogP contribution in [0.4, 0.5) is 4.39 Å². The number of carbonyl (C=O) groups excluding carboxylic acids is 1. The van der Waals surface area contributed by atoms with Crippen LogP contribution in [0.3, 0.4) is 0 Å². The molecule has 2 atom stereocenters. The van der Waals surface area contributed by atoms with Crippen molar-refractivity contribution in [2.75, 3.05) is 6.54 Å². The maximum Gasteiger partial charge on any atom is 0.238 e. The van der Waals surface area contributed by atoms with Crippen LogP contribution in [0.1, 0.15) is 23.3 Å². The molecule has 0 heterocycles. The lowest BCUT2D eigenvalue weighted by atomic mass is 9.96. The van der Waals surface area contributed by atoms with E-state index in [4.69, 9.17) is 0 Å². The predicted molar refractivity (Wildman–Crippen MR) is 110 cm³/mol. The van der Waals surface area contributed by atoms with Gasteiger partial charge in [-0.15, -0.1) is 11.8 Å². The van der Waals surface area contributed by atoms with Gasteiger partial charge in [-0.05, 0) is 42.3 Å². The molecule has 3 nitrogen and oxygen atoms in total. The Hall–Kier alpha value is -2.63. The summed E-state index contributed by atoms with van der Waals surface area (Å²) in [5, 5.41) is 13.1. The van der Waals surface area contributed by atoms with Crippen molar-refractivity contribution >= 4 is 17.7 Å². The van der Waals surface area contributed by atoms with Gasteiger partial charge in [0.25, 0.3) is 0 Å². The van der Waals surface area contributed by atoms with E-state index in [1.54, 1.807) is 6.92 Å². The smallest absolute Gasteiger partial charge is 0.238 e. The number of carbonyl (C=O) groups is 1. The molecule has 0 saturated carbocycles. The van der Waals surface area contributed by atoms with E-state index in [1.165, 1.54) is 36.0 Å². The summed E-state index contributed by atoms with van der Waals surface area (Å²) in [5.41, 5.74) is 0.124. The van der Waals surface area contributed by atoms with Gasteiger partial charge >= 0.3 is 0 Å². The van der Waals surface area contributed by atoms with Gasteiger partial charge in [0.05, 0.1) is 6.54 Å². The third-order valence-electron chi connectivity index (χ3n) is 4.41. The fourth-order valence-corrected chi connectivity index (χ4v) is 3.87. The number of rotatable bonds is 7. The number of nitrogens with one attached hydrogen (secondary N) is 1. The molecule has 0 unspecified atom stereocenters. The van der Waals surface area contributed by atoms with Crippen LogP contribution in [-0.4, -0.2) is 17.6 Å². The molecule has 0 aromatic heterocycles. The zero-order valence-electron chi connectivity index (χ0n) is 15.5. The first-order chi connectivity index (χ1) is 13.5. The number of aliphatic hydroxyl groups is 1. The van der Waals surface area contributed by atoms with Crippen LogP contribution in [0, 0.1) is 5.82 Å². The van der Waals surface area contributed by atoms with Gasteiger partial charge in [0.1, 0.15) is 16.7 Å². The summed E-state index contributed by atoms with van der Waals surface area (Å²) in [7, 11) is 0. The maximum absolute atomic E-state index is 13.1. The number of halogens is 1. The van der Waals surface area contributed by atoms with E-state index in [9.17, 15) is 14.3 Å². The second kappa shape index (κ2) is 9.04. The largest absolute Gasteiger partial charge is 0.384 e. The van der Waals surface area contributed by atoms with Crippen molar-refractivity contribution in [3.05, 3.63) is 102 Å². The van der Waals surface area contributed by atoms with Crippen molar-refractivity contribution in [1.29, 1.82) is 0 Å². The van der Waals surface area contributed by atoms with Gasteiger partial charge in [0.15, 0.2) is 0 Å². The van der Waals surface area contributed by atoms with E-state index in [1.807, 2.05) is 60.7 Å². The summed E-state index contributed by atoms with van der Waals surface area (Å²) in [6.45, 7) is 1.62. The van der Waals surface area contributed by atoms with Crippen molar-refractivity contribution in [2.45, 2.75) is 22.7 Å². The number of hydrogen-bond donors (Lipinski definition) is 2. The Morgan fingerprint density at radius 3 is 2.18 bits per heavy atom. The quantitative estimate of drug-likeness (QED) is 0.571. The van der Waals surface area contributed by atoms with Gasteiger partial charge in [0, 0.05) is 4.90 Å². The van der Waals surface area contributed by atoms with Crippen LogP contribution >= 0.6 is 11.8 Å². The third kappa shape index (κ3) is 5.21. The molecular weight excluding hydrogens is 373 g/mol. The van der Waals surface area contributed by atoms with Crippen LogP contribution < -0.4 is 5.32 Å². The molecule has 144 valence electrons. The molecule has 0 spiro atoms. The van der Waals surface area contributed by atoms with E-state index in [0.29, 0.717) is 5.56 Å². The molecule has 3 aromatic rings. The second-order valence-corrected chi connectivity index (χ2v) is 7.90. The molecule has 0 aliphatic rings. The van der Waals surface area contributed by atoms with Crippen LogP contribution in [0.15, 0.2) is 89.8 Å². The Morgan fingerprint density at radius 2 is 1.57 bits per heavy atom. The zero-order valence-corrected chi connectivity index (χ0v) is 16.3. The highest BCUT2D eigenvalue weighted by Crippen LogP contribution is 2.35. The first-order valence-electron chi connectivity index (χ1n) is 8.98. The molecule has 3 rings (SSSR count). The highest BCUT2D eigenvalue weighted by Gasteiger charge is 2.27. The van der Waals surface area contributed by atoms with Gasteiger partial charge < -0.3 is 10.4 Å². The summed E-state index contributed by atoms with van der Waals surface area (Å²) in [4.78, 5) is 14.0. The van der Waals surface area contributed by atoms with Crippen LogP contribution in [0.25, 0.3) is 0 Å². The van der Waals surface area contributed by atoms with Crippen molar-refractivity contribution in [1.82, 2.24) is 5.32 Å². The lowest BCUT2D eigenvalue weighted by Gasteiger charge is -2.26. The van der Waals surface area contributed by atoms with E-state index < -0.39 is 10.9 Å². The first-order valence-corrected chi connectivity index (χ1v) is 9.86. The molecule has 2 N–H and O–H groups in total. The predicted octanol–water partition coefficient (Wildman–Crippen LogP) is 4.68. The fourth-order valence-electron chi connectivity index (χ4n) is 2.80. The number of amides is 1. The topological polar surface area (TPSA) is 49.3 Å². The van der Waals surface area contributed by atoms with Gasteiger partial charge in [-0.2, -0.15) is 0 Å². The molecule has 0 bridgehead atoms. The normalized spacial score (nSPS) is 14.1. The highest BCUT2D eigenvalue weighted by molar-refractivity contribution is 8.00. The molecule has 1 amide bonds. The van der Waals surface area contributed by atoms with Crippen LogP contribution in [0.5, 0.6) is 0 Å². The van der Waals surface area contributed by atoms with E-state index >= 15 is 0 Å². The number of thioether (sulfide) groups is 1. The molecule has 0 aliphatic heterocycles. The molecule has 0 saturated heterocycles. The lowest BCUT2D eigenvalue weighted by Crippen LogP contribution is -2.40. The van der Waals surface area contributed by atoms with Crippen LogP contribution in [-0.2, 0) is 10.4 Å². The minimum atomic E-state index is -1.30. The molecule has 28 heavy (non-hydrogen) atoms. The summed E-state index contributed by atoms with van der Waals surface area (Å²) in [5.74, 6) is -0.561. The van der Waals surface area contributed by atoms with Gasteiger partial charge in [-0.3, -0.25) is 4.79 Å². The second-order valence-electron chi connectivity index (χ2n) is 6.72. The lowest BCUT2D eigenvalue weighted by molar-refractivity contribution is -0.121. The SMILES string of the molecule is C[C@](O)(CNC(=O)[C@H](Sc1ccccc1)c1ccccc1)c1ccc(F)cc1. The minimum absolute atomic E-state index is 0.0240. The molecule has 5 heteroatoms. The zero-order chi connectivity index (χ0) is 20.0. The summed E-state index contributed by atoms with van der Waals surface area (Å²) < 4.78 is 13.1. The molecular formula is C23H22FNO2S. The Balaban J connectivity index is 1.74. The Labute approximate surface area is 168 Å². The number of hydrogen-bond acceptors (Lipinski definition) is 3. The van der Waals surface area contributed by atoms with Crippen LogP contribution in [0.2, 0.25) is 0 Å². The molecule has 0 aliphatic carbocycles. The van der Waals surface area contributed by atoms with Gasteiger partial charge in [-0.25, -0.2) is 4.39 Å². The summed E-state index contributed by atoms with van der Waals surface area (Å²) in [6.07, 6.45) is 0. The Bertz CT molecular complexity index is 899. The van der Waals surface area contributed by atoms with E-state index in [-0.39, 0.29) is 18.3 Å². The third-order valence-corrected chi connectivity index (χ3v) is 5.68. The van der Waals surface area contributed by atoms with Crippen molar-refractivity contribution in [3.63, 3.8) is 0 Å². The minimum Gasteiger partial charge on any atom is -0.384 e. The average molecular weight is 395 g/mol. The van der Waals surface area contributed by atoms with Gasteiger partial charge in [-0.1, -0.05) is 60.7 Å². The highest BCUT2D eigenvalue weighted by atomic mass is 32.2. The van der Waals surface area contributed by atoms with Gasteiger partial charge in [0.2, 0.25) is 5.91 Å². The van der Waals surface area contributed by atoms with Crippen molar-refractivity contribution < 1.29 is 14.3 Å². The average Bonchev–Trinajstić information content (AvgIpc) is 2.72. The summed E-state index contributed by atoms with van der Waals surface area (Å²) in [6, 6.07) is 24.9. The maximum atomic E-state index is 13.1. The van der Waals surface area contributed by atoms with Crippen molar-refractivity contribution in [2.24, 2.45) is 0 Å².